The molecule has 1 aromatic rings. The van der Waals surface area contributed by atoms with E-state index in [0.29, 0.717) is 0 Å². The van der Waals surface area contributed by atoms with Gasteiger partial charge >= 0.3 is 149 Å². The molecule has 0 atom stereocenters. The van der Waals surface area contributed by atoms with Crippen molar-refractivity contribution in [3.63, 3.8) is 0 Å². The Kier molecular flexibility index (Phi) is 2.97. The van der Waals surface area contributed by atoms with Crippen LogP contribution >= 0.6 is 9.35 Å². The monoisotopic (exact) mass is 401 g/mol. The molecule has 0 saturated heterocycles. The van der Waals surface area contributed by atoms with Gasteiger partial charge in [-0.3, -0.25) is 0 Å². The zero-order chi connectivity index (χ0) is 19.4. The predicted octanol–water partition coefficient (Wildman–Crippen LogP) is 7.49. The van der Waals surface area contributed by atoms with Crippen LogP contribution in [0.25, 0.3) is 0 Å². The fourth-order valence-electron chi connectivity index (χ4n) is 3.76. The van der Waals surface area contributed by atoms with E-state index in [-0.39, 0.29) is 0 Å². The molecule has 0 heterocycles. The molecule has 2 rings (SSSR count). The minimum absolute atomic E-state index is 0.830. The molecule has 0 bridgehead atoms. The van der Waals surface area contributed by atoms with Crippen molar-refractivity contribution in [2.24, 2.45) is 0 Å². The minimum atomic E-state index is -5.94. The topological polar surface area (TPSA) is 18.5 Å². The SMILES string of the molecule is C[O][Ti]([CH3])([CH3])([CH3])([CH3])([CH3])([O]C)([S]Cc1c(C)cccc1C)[C]1=CC=CC1. The maximum absolute atomic E-state index is 6.80. The van der Waals surface area contributed by atoms with Gasteiger partial charge in [-0.15, -0.1) is 0 Å². The Labute approximate surface area is 148 Å². The Balaban J connectivity index is 2.82. The molecule has 1 aliphatic rings. The van der Waals surface area contributed by atoms with Crippen molar-refractivity contribution >= 4 is 9.35 Å². The van der Waals surface area contributed by atoms with Gasteiger partial charge in [-0.05, 0) is 0 Å². The molecule has 1 aromatic carbocycles. The average Bonchev–Trinajstić information content (AvgIpc) is 3.05. The third kappa shape index (κ3) is 2.75. The van der Waals surface area contributed by atoms with E-state index in [1.165, 1.54) is 20.6 Å². The second kappa shape index (κ2) is 3.54. The molecule has 1 aliphatic carbocycles. The fraction of sp³-hybridized carbons (Fsp3) is 0.524. The molecule has 0 amide bonds. The van der Waals surface area contributed by atoms with Crippen LogP contribution in [0, 0.1) is 13.8 Å². The Morgan fingerprint density at radius 3 is 1.88 bits per heavy atom. The average molecular weight is 401 g/mol. The van der Waals surface area contributed by atoms with Crippen molar-refractivity contribution < 1.29 is 16.3 Å². The normalized spacial score (nSPS) is 23.4. The number of rotatable bonds is 6. The van der Waals surface area contributed by atoms with Gasteiger partial charge in [0.2, 0.25) is 0 Å². The van der Waals surface area contributed by atoms with E-state index in [4.69, 9.17) is 6.64 Å². The van der Waals surface area contributed by atoms with E-state index in [1.54, 1.807) is 0 Å². The number of hydrogen-bond acceptors (Lipinski definition) is 3. The number of aryl methyl sites for hydroxylation is 2. The molecule has 4 heteroatoms. The van der Waals surface area contributed by atoms with Crippen molar-refractivity contribution in [2.45, 2.75) is 52.2 Å². The summed E-state index contributed by atoms with van der Waals surface area (Å²) in [5, 5.41) is 11.3. The summed E-state index contributed by atoms with van der Waals surface area (Å²) < 4.78 is 14.8. The van der Waals surface area contributed by atoms with Crippen LogP contribution in [0.4, 0.5) is 0 Å². The zero-order valence-corrected chi connectivity index (χ0v) is 20.0. The molecule has 0 radical (unpaired) electrons. The number of hydrogen-bond donors (Lipinski definition) is 0. The number of benzene rings is 1. The Bertz CT molecular complexity index is 870. The van der Waals surface area contributed by atoms with Gasteiger partial charge < -0.3 is 0 Å². The Morgan fingerprint density at radius 2 is 1.48 bits per heavy atom. The fourth-order valence-corrected chi connectivity index (χ4v) is 18.3. The summed E-state index contributed by atoms with van der Waals surface area (Å²) in [6.07, 6.45) is 7.36. The van der Waals surface area contributed by atoms with Crippen LogP contribution in [0.5, 0.6) is 0 Å². The summed E-state index contributed by atoms with van der Waals surface area (Å²) in [4.78, 5) is 0. The van der Waals surface area contributed by atoms with Crippen molar-refractivity contribution in [2.75, 3.05) is 14.2 Å². The van der Waals surface area contributed by atoms with Crippen LogP contribution in [-0.2, 0) is 22.0 Å². The van der Waals surface area contributed by atoms with E-state index in [1.807, 2.05) is 23.6 Å². The standard InChI is InChI=1S/C9H12S.C5H5.2CH3O.5CH3.Ti/c1-7-4-3-5-8(2)9(7)6-10;1-2-4-5-3-1;2*1-2;;;;;;/h3-5,10H,6H2,1-2H3;1-3H,4H2;2*1H3;5*1H3;/q;;2*-1;;;;;;+3/p-1. The van der Waals surface area contributed by atoms with Crippen LogP contribution < -0.4 is 0 Å². The van der Waals surface area contributed by atoms with Gasteiger partial charge in [0.25, 0.3) is 0 Å². The van der Waals surface area contributed by atoms with E-state index in [2.05, 4.69) is 76.4 Å². The summed E-state index contributed by atoms with van der Waals surface area (Å²) in [5.41, 5.74) is 3.98. The molecule has 25 heavy (non-hydrogen) atoms. The van der Waals surface area contributed by atoms with E-state index >= 15 is 0 Å². The van der Waals surface area contributed by atoms with Gasteiger partial charge in [0.1, 0.15) is 0 Å². The Hall–Kier alpha value is -0.316. The van der Waals surface area contributed by atoms with Crippen LogP contribution in [0.1, 0.15) is 23.1 Å². The molecule has 0 saturated carbocycles. The van der Waals surface area contributed by atoms with Crippen LogP contribution in [0.2, 0.25) is 26.1 Å². The van der Waals surface area contributed by atoms with Gasteiger partial charge in [0.05, 0.1) is 0 Å². The van der Waals surface area contributed by atoms with Crippen molar-refractivity contribution in [1.82, 2.24) is 0 Å². The second-order valence-electron chi connectivity index (χ2n) is 14.3. The Morgan fingerprint density at radius 1 is 0.960 bits per heavy atom. The summed E-state index contributed by atoms with van der Waals surface area (Å²) in [6, 6.07) is 6.48. The van der Waals surface area contributed by atoms with Crippen molar-refractivity contribution in [3.8, 4) is 0 Å². The molecule has 0 aromatic heterocycles. The van der Waals surface area contributed by atoms with Gasteiger partial charge in [-0.2, -0.15) is 0 Å². The summed E-state index contributed by atoms with van der Waals surface area (Å²) in [6.45, 7) is 4.36. The number of allylic oxidation sites excluding steroid dienone is 4. The predicted molar refractivity (Wildman–Crippen MR) is 112 cm³/mol. The first-order valence-corrected chi connectivity index (χ1v) is 22.0. The van der Waals surface area contributed by atoms with Crippen LogP contribution in [0.15, 0.2) is 40.3 Å². The quantitative estimate of drug-likeness (QED) is 0.460. The van der Waals surface area contributed by atoms with Crippen molar-refractivity contribution in [1.29, 1.82) is 0 Å². The molecule has 0 fully saturated rings. The molecular weight excluding hydrogens is 364 g/mol. The molecular formula is C21H37O2STi. The van der Waals surface area contributed by atoms with Gasteiger partial charge in [0.15, 0.2) is 0 Å². The maximum atomic E-state index is 6.80. The van der Waals surface area contributed by atoms with Crippen LogP contribution in [0.3, 0.4) is 0 Å². The summed E-state index contributed by atoms with van der Waals surface area (Å²) in [5.74, 6) is 0.830. The van der Waals surface area contributed by atoms with Gasteiger partial charge in [-0.25, -0.2) is 0 Å². The van der Waals surface area contributed by atoms with Crippen molar-refractivity contribution in [3.05, 3.63) is 57.0 Å². The first kappa shape index (κ1) is 21.0. The summed E-state index contributed by atoms with van der Waals surface area (Å²) in [7, 11) is -0.436. The molecule has 0 spiro atoms. The molecule has 143 valence electrons. The molecule has 0 N–H and O–H groups in total. The van der Waals surface area contributed by atoms with E-state index in [0.717, 1.165) is 12.2 Å². The van der Waals surface area contributed by atoms with Gasteiger partial charge in [-0.1, -0.05) is 0 Å². The van der Waals surface area contributed by atoms with E-state index < -0.39 is 9.65 Å². The third-order valence-electron chi connectivity index (χ3n) is 8.12. The first-order chi connectivity index (χ1) is 10.8. The molecule has 0 unspecified atom stereocenters. The second-order valence-corrected chi connectivity index (χ2v) is 59.9. The first-order valence-electron chi connectivity index (χ1n) is 9.28. The summed E-state index contributed by atoms with van der Waals surface area (Å²) >= 11 is 0. The zero-order valence-electron chi connectivity index (χ0n) is 17.6. The molecule has 0 aliphatic heterocycles. The van der Waals surface area contributed by atoms with E-state index in [9.17, 15) is 0 Å². The van der Waals surface area contributed by atoms with Crippen LogP contribution in [-0.4, -0.2) is 14.2 Å². The molecule has 2 nitrogen and oxygen atoms in total. The van der Waals surface area contributed by atoms with Gasteiger partial charge in [0, 0.05) is 0 Å². The third-order valence-corrected chi connectivity index (χ3v) is 36.9.